The standard InChI is InChI=1S/C18H17N5O3/c1-12(2)13-3-6-15(7-4-13)21-18(24)14-5-8-16(17(9-14)23(25)26)22-11-19-10-20-22/h3-12H,1-2H3,(H,21,24). The molecule has 26 heavy (non-hydrogen) atoms. The van der Waals surface area contributed by atoms with Crippen LogP contribution in [0.25, 0.3) is 5.69 Å². The molecule has 3 rings (SSSR count). The van der Waals surface area contributed by atoms with Crippen LogP contribution < -0.4 is 5.32 Å². The second-order valence-corrected chi connectivity index (χ2v) is 6.03. The van der Waals surface area contributed by atoms with Crippen molar-refractivity contribution >= 4 is 17.3 Å². The van der Waals surface area contributed by atoms with Crippen molar-refractivity contribution in [2.45, 2.75) is 19.8 Å². The minimum atomic E-state index is -0.550. The van der Waals surface area contributed by atoms with Crippen molar-refractivity contribution in [3.8, 4) is 5.69 Å². The number of carbonyl (C=O) groups excluding carboxylic acids is 1. The molecule has 1 amide bonds. The first-order valence-corrected chi connectivity index (χ1v) is 8.00. The Balaban J connectivity index is 1.85. The van der Waals surface area contributed by atoms with E-state index in [0.29, 0.717) is 11.6 Å². The molecule has 1 N–H and O–H groups in total. The van der Waals surface area contributed by atoms with Crippen LogP contribution >= 0.6 is 0 Å². The van der Waals surface area contributed by atoms with Crippen LogP contribution in [0.3, 0.4) is 0 Å². The predicted molar refractivity (Wildman–Crippen MR) is 96.5 cm³/mol. The smallest absolute Gasteiger partial charge is 0.295 e. The molecule has 0 fully saturated rings. The van der Waals surface area contributed by atoms with Crippen LogP contribution in [0.15, 0.2) is 55.1 Å². The third kappa shape index (κ3) is 3.59. The molecule has 3 aromatic rings. The summed E-state index contributed by atoms with van der Waals surface area (Å²) in [6.07, 6.45) is 2.64. The topological polar surface area (TPSA) is 103 Å². The minimum absolute atomic E-state index is 0.188. The number of carbonyl (C=O) groups is 1. The zero-order valence-corrected chi connectivity index (χ0v) is 14.3. The molecule has 0 aliphatic heterocycles. The van der Waals surface area contributed by atoms with Gasteiger partial charge in [-0.3, -0.25) is 14.9 Å². The van der Waals surface area contributed by atoms with E-state index in [0.717, 1.165) is 5.56 Å². The summed E-state index contributed by atoms with van der Waals surface area (Å²) in [5, 5.41) is 18.0. The van der Waals surface area contributed by atoms with E-state index >= 15 is 0 Å². The van der Waals surface area contributed by atoms with Crippen LogP contribution in [0.5, 0.6) is 0 Å². The zero-order chi connectivity index (χ0) is 18.7. The van der Waals surface area contributed by atoms with Gasteiger partial charge in [0.1, 0.15) is 18.3 Å². The molecule has 0 unspecified atom stereocenters. The molecule has 1 aromatic heterocycles. The monoisotopic (exact) mass is 351 g/mol. The van der Waals surface area contributed by atoms with E-state index in [-0.39, 0.29) is 16.9 Å². The number of hydrogen-bond donors (Lipinski definition) is 1. The molecule has 0 bridgehead atoms. The van der Waals surface area contributed by atoms with E-state index in [4.69, 9.17) is 0 Å². The fraction of sp³-hybridized carbons (Fsp3) is 0.167. The maximum absolute atomic E-state index is 12.4. The SMILES string of the molecule is CC(C)c1ccc(NC(=O)c2ccc(-n3cncn3)c([N+](=O)[O-])c2)cc1. The van der Waals surface area contributed by atoms with Crippen molar-refractivity contribution in [2.75, 3.05) is 5.32 Å². The number of amides is 1. The lowest BCUT2D eigenvalue weighted by molar-refractivity contribution is -0.384. The van der Waals surface area contributed by atoms with Crippen LogP contribution in [-0.4, -0.2) is 25.6 Å². The summed E-state index contributed by atoms with van der Waals surface area (Å²) in [6, 6.07) is 11.7. The third-order valence-corrected chi connectivity index (χ3v) is 3.94. The van der Waals surface area contributed by atoms with Crippen LogP contribution in [0.1, 0.15) is 35.7 Å². The number of nitrogens with zero attached hydrogens (tertiary/aromatic N) is 4. The molecule has 1 heterocycles. The number of nitrogens with one attached hydrogen (secondary N) is 1. The average Bonchev–Trinajstić information content (AvgIpc) is 3.16. The summed E-state index contributed by atoms with van der Waals surface area (Å²) in [5.74, 6) is -0.0257. The number of nitro groups is 1. The van der Waals surface area contributed by atoms with Crippen LogP contribution in [0.2, 0.25) is 0 Å². The predicted octanol–water partition coefficient (Wildman–Crippen LogP) is 3.55. The lowest BCUT2D eigenvalue weighted by Gasteiger charge is -2.09. The van der Waals surface area contributed by atoms with Gasteiger partial charge < -0.3 is 5.32 Å². The normalized spacial score (nSPS) is 10.7. The maximum Gasteiger partial charge on any atom is 0.295 e. The van der Waals surface area contributed by atoms with Gasteiger partial charge in [-0.1, -0.05) is 26.0 Å². The third-order valence-electron chi connectivity index (χ3n) is 3.94. The summed E-state index contributed by atoms with van der Waals surface area (Å²) in [7, 11) is 0. The Bertz CT molecular complexity index is 934. The fourth-order valence-corrected chi connectivity index (χ4v) is 2.49. The van der Waals surface area contributed by atoms with Gasteiger partial charge in [-0.15, -0.1) is 0 Å². The highest BCUT2D eigenvalue weighted by atomic mass is 16.6. The zero-order valence-electron chi connectivity index (χ0n) is 14.3. The largest absolute Gasteiger partial charge is 0.322 e. The molecular formula is C18H17N5O3. The lowest BCUT2D eigenvalue weighted by atomic mass is 10.0. The van der Waals surface area contributed by atoms with Gasteiger partial charge in [0.05, 0.1) is 4.92 Å². The Kier molecular flexibility index (Phi) is 4.74. The second kappa shape index (κ2) is 7.14. The average molecular weight is 351 g/mol. The Morgan fingerprint density at radius 1 is 1.19 bits per heavy atom. The maximum atomic E-state index is 12.4. The molecule has 0 radical (unpaired) electrons. The van der Waals surface area contributed by atoms with E-state index in [1.165, 1.54) is 35.5 Å². The quantitative estimate of drug-likeness (QED) is 0.559. The van der Waals surface area contributed by atoms with E-state index in [1.807, 2.05) is 24.3 Å². The first-order valence-electron chi connectivity index (χ1n) is 8.00. The summed E-state index contributed by atoms with van der Waals surface area (Å²) < 4.78 is 1.28. The number of anilines is 1. The van der Waals surface area contributed by atoms with E-state index in [9.17, 15) is 14.9 Å². The Labute approximate surface area is 149 Å². The number of aromatic nitrogens is 3. The van der Waals surface area contributed by atoms with Gasteiger partial charge in [0.25, 0.3) is 11.6 Å². The van der Waals surface area contributed by atoms with Crippen molar-refractivity contribution in [3.05, 3.63) is 76.4 Å². The van der Waals surface area contributed by atoms with Gasteiger partial charge in [-0.05, 0) is 35.7 Å². The number of rotatable bonds is 5. The molecule has 0 aliphatic carbocycles. The highest BCUT2D eigenvalue weighted by molar-refractivity contribution is 6.04. The second-order valence-electron chi connectivity index (χ2n) is 6.03. The van der Waals surface area contributed by atoms with Crippen LogP contribution in [0.4, 0.5) is 11.4 Å². The van der Waals surface area contributed by atoms with Crippen molar-refractivity contribution in [2.24, 2.45) is 0 Å². The summed E-state index contributed by atoms with van der Waals surface area (Å²) in [6.45, 7) is 4.17. The molecule has 8 heteroatoms. The van der Waals surface area contributed by atoms with Gasteiger partial charge in [-0.2, -0.15) is 5.10 Å². The first kappa shape index (κ1) is 17.3. The molecule has 0 atom stereocenters. The molecule has 0 spiro atoms. The Hall–Kier alpha value is -3.55. The Morgan fingerprint density at radius 2 is 1.92 bits per heavy atom. The molecular weight excluding hydrogens is 334 g/mol. The number of nitro benzene ring substituents is 1. The minimum Gasteiger partial charge on any atom is -0.322 e. The number of benzene rings is 2. The molecule has 0 saturated heterocycles. The van der Waals surface area contributed by atoms with Crippen LogP contribution in [-0.2, 0) is 0 Å². The summed E-state index contributed by atoms with van der Waals surface area (Å²) in [5.41, 5.74) is 2.00. The van der Waals surface area contributed by atoms with Gasteiger partial charge >= 0.3 is 0 Å². The highest BCUT2D eigenvalue weighted by Gasteiger charge is 2.19. The Morgan fingerprint density at radius 3 is 2.50 bits per heavy atom. The highest BCUT2D eigenvalue weighted by Crippen LogP contribution is 2.24. The van der Waals surface area contributed by atoms with Crippen molar-refractivity contribution in [1.29, 1.82) is 0 Å². The van der Waals surface area contributed by atoms with Crippen molar-refractivity contribution in [3.63, 3.8) is 0 Å². The molecule has 2 aromatic carbocycles. The molecule has 132 valence electrons. The van der Waals surface area contributed by atoms with Gasteiger partial charge in [-0.25, -0.2) is 9.67 Å². The van der Waals surface area contributed by atoms with E-state index < -0.39 is 10.8 Å². The molecule has 0 saturated carbocycles. The van der Waals surface area contributed by atoms with Crippen molar-refractivity contribution in [1.82, 2.24) is 14.8 Å². The molecule has 8 nitrogen and oxygen atoms in total. The first-order chi connectivity index (χ1) is 12.5. The lowest BCUT2D eigenvalue weighted by Crippen LogP contribution is -2.13. The molecule has 0 aliphatic rings. The van der Waals surface area contributed by atoms with Crippen molar-refractivity contribution < 1.29 is 9.72 Å². The fourth-order valence-electron chi connectivity index (χ4n) is 2.49. The number of hydrogen-bond acceptors (Lipinski definition) is 5. The summed E-state index contributed by atoms with van der Waals surface area (Å²) >= 11 is 0. The van der Waals surface area contributed by atoms with E-state index in [1.54, 1.807) is 0 Å². The van der Waals surface area contributed by atoms with E-state index in [2.05, 4.69) is 29.2 Å². The van der Waals surface area contributed by atoms with Crippen LogP contribution in [0, 0.1) is 10.1 Å². The van der Waals surface area contributed by atoms with Gasteiger partial charge in [0.15, 0.2) is 0 Å². The van der Waals surface area contributed by atoms with Gasteiger partial charge in [0.2, 0.25) is 0 Å². The summed E-state index contributed by atoms with van der Waals surface area (Å²) in [4.78, 5) is 27.0. The van der Waals surface area contributed by atoms with Gasteiger partial charge in [0, 0.05) is 17.3 Å².